The Hall–Kier alpha value is -2.14. The molecule has 0 aliphatic carbocycles. The minimum absolute atomic E-state index is 0.407. The number of aromatic nitrogens is 4. The van der Waals surface area contributed by atoms with E-state index in [2.05, 4.69) is 39.4 Å². The van der Waals surface area contributed by atoms with Crippen molar-refractivity contribution < 1.29 is 0 Å². The summed E-state index contributed by atoms with van der Waals surface area (Å²) in [4.78, 5) is 8.49. The van der Waals surface area contributed by atoms with Gasteiger partial charge in [0.1, 0.15) is 12.1 Å². The van der Waals surface area contributed by atoms with Gasteiger partial charge in [0.05, 0.1) is 0 Å². The monoisotopic (exact) mass is 315 g/mol. The highest BCUT2D eigenvalue weighted by Crippen LogP contribution is 2.22. The average Bonchev–Trinajstić information content (AvgIpc) is 2.97. The molecule has 3 aromatic rings. The van der Waals surface area contributed by atoms with E-state index in [0.29, 0.717) is 11.7 Å². The van der Waals surface area contributed by atoms with Crippen molar-refractivity contribution in [3.63, 3.8) is 0 Å². The first-order valence-electron chi connectivity index (χ1n) is 7.34. The number of anilines is 1. The minimum Gasteiger partial charge on any atom is -0.369 e. The Bertz CT molecular complexity index is 766. The van der Waals surface area contributed by atoms with Gasteiger partial charge in [-0.15, -0.1) is 0 Å². The molecular weight excluding hydrogens is 298 g/mol. The summed E-state index contributed by atoms with van der Waals surface area (Å²) in [5.74, 6) is 1.93. The number of benzene rings is 1. The molecule has 22 heavy (non-hydrogen) atoms. The Morgan fingerprint density at radius 2 is 2.05 bits per heavy atom. The maximum atomic E-state index is 5.96. The van der Waals surface area contributed by atoms with Gasteiger partial charge in [-0.25, -0.2) is 4.98 Å². The Morgan fingerprint density at radius 1 is 1.27 bits per heavy atom. The van der Waals surface area contributed by atoms with Crippen LogP contribution in [0.2, 0.25) is 5.02 Å². The van der Waals surface area contributed by atoms with Crippen LogP contribution in [0.4, 0.5) is 5.82 Å². The molecule has 5 nitrogen and oxygen atoms in total. The number of rotatable bonds is 5. The van der Waals surface area contributed by atoms with Crippen LogP contribution in [0.25, 0.3) is 5.78 Å². The molecule has 0 bridgehead atoms. The fourth-order valence-corrected chi connectivity index (χ4v) is 2.64. The molecule has 6 heteroatoms. The lowest BCUT2D eigenvalue weighted by molar-refractivity contribution is 0.690. The first kappa shape index (κ1) is 14.8. The highest BCUT2D eigenvalue weighted by Gasteiger charge is 2.11. The molecule has 0 saturated carbocycles. The van der Waals surface area contributed by atoms with Crippen LogP contribution in [0.1, 0.15) is 30.5 Å². The molecule has 0 aliphatic heterocycles. The number of fused-ring (bicyclic) bond motifs is 1. The molecule has 114 valence electrons. The summed E-state index contributed by atoms with van der Waals surface area (Å²) >= 11 is 5.96. The topological polar surface area (TPSA) is 55.1 Å². The highest BCUT2D eigenvalue weighted by molar-refractivity contribution is 6.30. The van der Waals surface area contributed by atoms with E-state index in [1.54, 1.807) is 4.52 Å². The Kier molecular flexibility index (Phi) is 4.24. The molecule has 2 heterocycles. The fourth-order valence-electron chi connectivity index (χ4n) is 2.52. The van der Waals surface area contributed by atoms with Gasteiger partial charge in [-0.2, -0.15) is 14.6 Å². The number of hydrogen-bond acceptors (Lipinski definition) is 4. The lowest BCUT2D eigenvalue weighted by Gasteiger charge is -2.17. The number of aryl methyl sites for hydroxylation is 1. The number of nitrogens with zero attached hydrogens (tertiary/aromatic N) is 4. The minimum atomic E-state index is 0.407. The van der Waals surface area contributed by atoms with Crippen molar-refractivity contribution >= 4 is 23.2 Å². The van der Waals surface area contributed by atoms with E-state index < -0.39 is 0 Å². The predicted molar refractivity (Wildman–Crippen MR) is 88.5 cm³/mol. The third-order valence-electron chi connectivity index (χ3n) is 3.74. The highest BCUT2D eigenvalue weighted by atomic mass is 35.5. The first-order chi connectivity index (χ1) is 10.7. The van der Waals surface area contributed by atoms with E-state index in [9.17, 15) is 0 Å². The van der Waals surface area contributed by atoms with Crippen LogP contribution in [-0.2, 0) is 0 Å². The van der Waals surface area contributed by atoms with E-state index >= 15 is 0 Å². The molecule has 1 aromatic carbocycles. The van der Waals surface area contributed by atoms with Gasteiger partial charge in [-0.05, 0) is 31.0 Å². The zero-order valence-electron chi connectivity index (χ0n) is 12.6. The Labute approximate surface area is 134 Å². The van der Waals surface area contributed by atoms with Crippen molar-refractivity contribution in [2.75, 3.05) is 11.9 Å². The second-order valence-electron chi connectivity index (χ2n) is 5.29. The van der Waals surface area contributed by atoms with Crippen molar-refractivity contribution in [3.05, 3.63) is 52.9 Å². The zero-order valence-corrected chi connectivity index (χ0v) is 13.4. The summed E-state index contributed by atoms with van der Waals surface area (Å²) in [6, 6.07) is 10.0. The second-order valence-corrected chi connectivity index (χ2v) is 5.73. The van der Waals surface area contributed by atoms with Crippen LogP contribution in [-0.4, -0.2) is 26.1 Å². The van der Waals surface area contributed by atoms with E-state index in [4.69, 9.17) is 11.6 Å². The number of halogens is 1. The summed E-state index contributed by atoms with van der Waals surface area (Å²) in [6.07, 6.45) is 2.56. The van der Waals surface area contributed by atoms with Gasteiger partial charge in [0.15, 0.2) is 0 Å². The smallest absolute Gasteiger partial charge is 0.254 e. The molecule has 2 aromatic heterocycles. The molecule has 1 N–H and O–H groups in total. The van der Waals surface area contributed by atoms with Gasteiger partial charge >= 0.3 is 0 Å². The molecule has 0 amide bonds. The summed E-state index contributed by atoms with van der Waals surface area (Å²) in [5, 5.41) is 8.44. The third-order valence-corrected chi connectivity index (χ3v) is 4.00. The molecule has 0 aliphatic rings. The molecule has 0 fully saturated rings. The first-order valence-corrected chi connectivity index (χ1v) is 7.72. The molecule has 1 unspecified atom stereocenters. The standard InChI is InChI=1S/C16H18ClN5/c1-3-12(13-4-6-14(17)7-5-13)9-18-15-8-11(2)21-16-19-10-20-22(15)16/h4-8,10,12,18H,3,9H2,1-2H3. The van der Waals surface area contributed by atoms with Crippen LogP contribution in [0, 0.1) is 6.92 Å². The maximum absolute atomic E-state index is 5.96. The van der Waals surface area contributed by atoms with Crippen LogP contribution in [0.5, 0.6) is 0 Å². The van der Waals surface area contributed by atoms with Crippen molar-refractivity contribution in [3.8, 4) is 0 Å². The SMILES string of the molecule is CCC(CNc1cc(C)nc2ncnn12)c1ccc(Cl)cc1. The van der Waals surface area contributed by atoms with Gasteiger partial charge in [-0.3, -0.25) is 0 Å². The largest absolute Gasteiger partial charge is 0.369 e. The molecule has 3 rings (SSSR count). The summed E-state index contributed by atoms with van der Waals surface area (Å²) < 4.78 is 1.72. The quantitative estimate of drug-likeness (QED) is 0.780. The summed E-state index contributed by atoms with van der Waals surface area (Å²) in [5.41, 5.74) is 2.20. The van der Waals surface area contributed by atoms with Gasteiger partial charge in [0, 0.05) is 29.2 Å². The van der Waals surface area contributed by atoms with E-state index in [0.717, 1.165) is 29.5 Å². The van der Waals surface area contributed by atoms with Gasteiger partial charge < -0.3 is 5.32 Å². The predicted octanol–water partition coefficient (Wildman–Crippen LogP) is 3.69. The molecular formula is C16H18ClN5. The summed E-state index contributed by atoms with van der Waals surface area (Å²) in [7, 11) is 0. The number of hydrogen-bond donors (Lipinski definition) is 1. The maximum Gasteiger partial charge on any atom is 0.254 e. The van der Waals surface area contributed by atoms with Gasteiger partial charge in [0.2, 0.25) is 0 Å². The van der Waals surface area contributed by atoms with E-state index in [1.807, 2.05) is 25.1 Å². The van der Waals surface area contributed by atoms with E-state index in [1.165, 1.54) is 11.9 Å². The molecule has 0 saturated heterocycles. The number of nitrogens with one attached hydrogen (secondary N) is 1. The lowest BCUT2D eigenvalue weighted by Crippen LogP contribution is -2.15. The normalized spacial score (nSPS) is 12.5. The van der Waals surface area contributed by atoms with E-state index in [-0.39, 0.29) is 0 Å². The Balaban J connectivity index is 1.80. The molecule has 0 radical (unpaired) electrons. The molecule has 1 atom stereocenters. The second kappa shape index (κ2) is 6.32. The molecule has 0 spiro atoms. The van der Waals surface area contributed by atoms with Gasteiger partial charge in [-0.1, -0.05) is 30.7 Å². The summed E-state index contributed by atoms with van der Waals surface area (Å²) in [6.45, 7) is 4.96. The Morgan fingerprint density at radius 3 is 2.77 bits per heavy atom. The van der Waals surface area contributed by atoms with Crippen molar-refractivity contribution in [1.82, 2.24) is 19.6 Å². The van der Waals surface area contributed by atoms with Crippen LogP contribution < -0.4 is 5.32 Å². The van der Waals surface area contributed by atoms with Crippen molar-refractivity contribution in [2.45, 2.75) is 26.2 Å². The zero-order chi connectivity index (χ0) is 15.5. The lowest BCUT2D eigenvalue weighted by atomic mass is 9.96. The van der Waals surface area contributed by atoms with Crippen LogP contribution >= 0.6 is 11.6 Å². The van der Waals surface area contributed by atoms with Crippen LogP contribution in [0.3, 0.4) is 0 Å². The van der Waals surface area contributed by atoms with Crippen molar-refractivity contribution in [1.29, 1.82) is 0 Å². The third kappa shape index (κ3) is 3.04. The van der Waals surface area contributed by atoms with Gasteiger partial charge in [0.25, 0.3) is 5.78 Å². The fraction of sp³-hybridized carbons (Fsp3) is 0.312. The van der Waals surface area contributed by atoms with Crippen LogP contribution in [0.15, 0.2) is 36.7 Å². The average molecular weight is 316 g/mol. The van der Waals surface area contributed by atoms with Crippen molar-refractivity contribution in [2.24, 2.45) is 0 Å².